The Morgan fingerprint density at radius 1 is 0.667 bits per heavy atom. The molecule has 0 unspecified atom stereocenters. The number of carbonyl (C=O) groups excluding carboxylic acids is 1. The van der Waals surface area contributed by atoms with E-state index in [2.05, 4.69) is 0 Å². The first kappa shape index (κ1) is 22.8. The van der Waals surface area contributed by atoms with E-state index in [1.54, 1.807) is 0 Å². The molecule has 137 valence electrons. The van der Waals surface area contributed by atoms with Gasteiger partial charge in [0.2, 0.25) is 0 Å². The Balaban J connectivity index is 0.000000855. The van der Waals surface area contributed by atoms with E-state index in [-0.39, 0.29) is 5.97 Å². The number of rotatable bonds is 4. The predicted molar refractivity (Wildman–Crippen MR) is 97.1 cm³/mol. The van der Waals surface area contributed by atoms with Crippen LogP contribution in [0.3, 0.4) is 0 Å². The summed E-state index contributed by atoms with van der Waals surface area (Å²) in [7, 11) is 1.50. The summed E-state index contributed by atoms with van der Waals surface area (Å²) in [5, 5.41) is 16.5. The van der Waals surface area contributed by atoms with Gasteiger partial charge in [0, 0.05) is 0 Å². The molecule has 5 heteroatoms. The molecule has 0 aromatic heterocycles. The van der Waals surface area contributed by atoms with Gasteiger partial charge in [-0.3, -0.25) is 0 Å². The Hall–Kier alpha value is -2.24. The molecule has 0 aliphatic heterocycles. The van der Waals surface area contributed by atoms with E-state index >= 15 is 0 Å². The second-order valence-electron chi connectivity index (χ2n) is 5.24. The van der Waals surface area contributed by atoms with E-state index in [9.17, 15) is 4.79 Å². The van der Waals surface area contributed by atoms with E-state index in [4.69, 9.17) is 13.5 Å². The summed E-state index contributed by atoms with van der Waals surface area (Å²) in [6.45, 7) is 0. The summed E-state index contributed by atoms with van der Waals surface area (Å²) in [6, 6.07) is 29.3. The zero-order valence-electron chi connectivity index (χ0n) is 15.3. The monoisotopic (exact) mass is 397 g/mol. The van der Waals surface area contributed by atoms with Crippen LogP contribution in [-0.2, 0) is 34.4 Å². The average molecular weight is 397 g/mol. The van der Waals surface area contributed by atoms with E-state index in [1.807, 2.05) is 91.0 Å². The van der Waals surface area contributed by atoms with Gasteiger partial charge in [0.1, 0.15) is 0 Å². The third-order valence-electron chi connectivity index (χ3n) is 4.02. The van der Waals surface area contributed by atoms with Crippen molar-refractivity contribution in [3.63, 3.8) is 0 Å². The Bertz CT molecular complexity index is 681. The van der Waals surface area contributed by atoms with Gasteiger partial charge in [-0.1, -0.05) is 0 Å². The van der Waals surface area contributed by atoms with Crippen molar-refractivity contribution >= 4 is 5.97 Å². The quantitative estimate of drug-likeness (QED) is 0.499. The van der Waals surface area contributed by atoms with E-state index in [1.165, 1.54) is 20.8 Å². The van der Waals surface area contributed by atoms with Crippen LogP contribution >= 0.6 is 0 Å². The summed E-state index contributed by atoms with van der Waals surface area (Å²) < 4.78 is 5.24. The molecule has 3 aromatic carbocycles. The molecule has 0 heterocycles. The zero-order chi connectivity index (χ0) is 20.1. The standard InChI is InChI=1S/C20H16O2.2CH3O.Ti/c21-19(22)20(16-10-4-1-5-11-16,17-12-6-2-7-13-17)18-14-8-3-9-15-18;2*1-2;/h1-15H,(H,21,22);2*1H3;/q;2*-1;+3/p-1. The van der Waals surface area contributed by atoms with Crippen LogP contribution in [0.1, 0.15) is 16.7 Å². The van der Waals surface area contributed by atoms with Crippen LogP contribution in [0.25, 0.3) is 0 Å². The number of carbonyl (C=O) groups is 1. The zero-order valence-corrected chi connectivity index (χ0v) is 16.9. The second kappa shape index (κ2) is 12.2. The first-order chi connectivity index (χ1) is 13.3. The fourth-order valence-electron chi connectivity index (χ4n) is 2.99. The number of hydrogen-bond donors (Lipinski definition) is 0. The molecule has 0 bridgehead atoms. The van der Waals surface area contributed by atoms with Crippen LogP contribution < -0.4 is 10.2 Å². The van der Waals surface area contributed by atoms with Crippen LogP contribution in [0, 0.1) is 0 Å². The molecule has 0 saturated carbocycles. The van der Waals surface area contributed by atoms with Crippen molar-refractivity contribution < 1.29 is 39.1 Å². The minimum atomic E-state index is -0.974. The Morgan fingerprint density at radius 2 is 0.926 bits per heavy atom. The van der Waals surface area contributed by atoms with Gasteiger partial charge in [0.15, 0.2) is 0 Å². The molecule has 0 saturated heterocycles. The first-order valence-electron chi connectivity index (χ1n) is 8.16. The summed E-state index contributed by atoms with van der Waals surface area (Å²) in [5.41, 5.74) is 1.70. The molecule has 3 rings (SSSR count). The molecule has 0 aliphatic carbocycles. The van der Waals surface area contributed by atoms with E-state index in [0.717, 1.165) is 30.9 Å². The van der Waals surface area contributed by atoms with Crippen molar-refractivity contribution in [1.82, 2.24) is 0 Å². The third-order valence-corrected chi connectivity index (χ3v) is 4.31. The van der Waals surface area contributed by atoms with Crippen molar-refractivity contribution in [2.45, 2.75) is 5.41 Å². The van der Waals surface area contributed by atoms with Gasteiger partial charge in [-0.25, -0.2) is 0 Å². The van der Waals surface area contributed by atoms with E-state index < -0.39 is 5.41 Å². The summed E-state index contributed by atoms with van der Waals surface area (Å²) in [4.78, 5) is 13.0. The molecule has 0 amide bonds. The van der Waals surface area contributed by atoms with Gasteiger partial charge in [-0.2, -0.15) is 14.2 Å². The third kappa shape index (κ3) is 4.93. The molecule has 3 aromatic rings. The van der Waals surface area contributed by atoms with Gasteiger partial charge in [-0.15, -0.1) is 0 Å². The van der Waals surface area contributed by atoms with Crippen LogP contribution in [0.5, 0.6) is 0 Å². The fraction of sp³-hybridized carbons (Fsp3) is 0.136. The summed E-state index contributed by atoms with van der Waals surface area (Å²) >= 11 is 1.44. The normalized spacial score (nSPS) is 9.85. The SMILES string of the molecule is C[O-].C[O-].O=C([O][Ti+2])C(c1ccccc1)(c1ccccc1)c1ccccc1. The van der Waals surface area contributed by atoms with Crippen molar-refractivity contribution in [1.29, 1.82) is 0 Å². The second-order valence-corrected chi connectivity index (χ2v) is 5.56. The molecule has 0 spiro atoms. The van der Waals surface area contributed by atoms with Crippen molar-refractivity contribution in [2.24, 2.45) is 0 Å². The van der Waals surface area contributed by atoms with Gasteiger partial charge >= 0.3 is 148 Å². The Morgan fingerprint density at radius 3 is 1.15 bits per heavy atom. The van der Waals surface area contributed by atoms with Crippen molar-refractivity contribution in [2.75, 3.05) is 14.2 Å². The van der Waals surface area contributed by atoms with Crippen molar-refractivity contribution in [3.05, 3.63) is 108 Å². The van der Waals surface area contributed by atoms with Crippen LogP contribution in [-0.4, -0.2) is 20.2 Å². The molecular formula is C22H21O4Ti. The molecule has 27 heavy (non-hydrogen) atoms. The summed E-state index contributed by atoms with van der Waals surface area (Å²) in [5.74, 6) is -0.291. The molecule has 0 atom stereocenters. The van der Waals surface area contributed by atoms with Gasteiger partial charge in [-0.05, 0) is 0 Å². The number of benzene rings is 3. The van der Waals surface area contributed by atoms with Crippen LogP contribution in [0.4, 0.5) is 0 Å². The van der Waals surface area contributed by atoms with Gasteiger partial charge in [0.05, 0.1) is 0 Å². The van der Waals surface area contributed by atoms with Crippen LogP contribution in [0.15, 0.2) is 91.0 Å². The molecule has 0 radical (unpaired) electrons. The molecule has 0 N–H and O–H groups in total. The van der Waals surface area contributed by atoms with Crippen molar-refractivity contribution in [3.8, 4) is 0 Å². The fourth-order valence-corrected chi connectivity index (χ4v) is 3.23. The first-order valence-corrected chi connectivity index (χ1v) is 8.80. The Labute approximate surface area is 172 Å². The van der Waals surface area contributed by atoms with Crippen LogP contribution in [0.2, 0.25) is 0 Å². The maximum absolute atomic E-state index is 13.0. The number of hydrogen-bond acceptors (Lipinski definition) is 4. The van der Waals surface area contributed by atoms with Gasteiger partial charge < -0.3 is 10.2 Å². The molecule has 0 fully saturated rings. The average Bonchev–Trinajstić information content (AvgIpc) is 2.79. The topological polar surface area (TPSA) is 72.4 Å². The van der Waals surface area contributed by atoms with Gasteiger partial charge in [0.25, 0.3) is 0 Å². The van der Waals surface area contributed by atoms with E-state index in [0.29, 0.717) is 0 Å². The Kier molecular flexibility index (Phi) is 10.3. The molecule has 4 nitrogen and oxygen atoms in total. The minimum absolute atomic E-state index is 0.291. The molecule has 0 aliphatic rings. The molecular weight excluding hydrogens is 376 g/mol. The predicted octanol–water partition coefficient (Wildman–Crippen LogP) is 1.98. The maximum atomic E-state index is 13.0. The summed E-state index contributed by atoms with van der Waals surface area (Å²) in [6.07, 6.45) is 0.